The number of anilines is 1. The fraction of sp³-hybridized carbons (Fsp3) is 0.333. The van der Waals surface area contributed by atoms with Crippen LogP contribution in [0.25, 0.3) is 16.8 Å². The summed E-state index contributed by atoms with van der Waals surface area (Å²) in [6.07, 6.45) is -4.64. The van der Waals surface area contributed by atoms with E-state index < -0.39 is 11.9 Å². The molecule has 27 heavy (non-hydrogen) atoms. The van der Waals surface area contributed by atoms with Crippen LogP contribution in [0.15, 0.2) is 30.3 Å². The van der Waals surface area contributed by atoms with Crippen molar-refractivity contribution in [1.82, 2.24) is 14.6 Å². The van der Waals surface area contributed by atoms with Gasteiger partial charge in [-0.2, -0.15) is 22.8 Å². The molecule has 1 aliphatic heterocycles. The second-order valence-corrected chi connectivity index (χ2v) is 6.70. The summed E-state index contributed by atoms with van der Waals surface area (Å²) in [7, 11) is 0. The van der Waals surface area contributed by atoms with Gasteiger partial charge in [0.05, 0.1) is 18.8 Å². The van der Waals surface area contributed by atoms with Crippen LogP contribution < -0.4 is 4.90 Å². The topological polar surface area (TPSA) is 42.7 Å². The van der Waals surface area contributed by atoms with Gasteiger partial charge in [-0.3, -0.25) is 0 Å². The van der Waals surface area contributed by atoms with Gasteiger partial charge in [-0.1, -0.05) is 29.8 Å². The van der Waals surface area contributed by atoms with E-state index in [-0.39, 0.29) is 21.8 Å². The first-order valence-corrected chi connectivity index (χ1v) is 8.79. The molecule has 0 bridgehead atoms. The highest BCUT2D eigenvalue weighted by molar-refractivity contribution is 6.33. The predicted octanol–water partition coefficient (Wildman–Crippen LogP) is 4.21. The van der Waals surface area contributed by atoms with Crippen molar-refractivity contribution in [3.63, 3.8) is 0 Å². The smallest absolute Gasteiger partial charge is 0.378 e. The van der Waals surface area contributed by atoms with Gasteiger partial charge in [0, 0.05) is 35.4 Å². The minimum Gasteiger partial charge on any atom is -0.378 e. The minimum atomic E-state index is -4.64. The molecule has 1 aromatic carbocycles. The molecule has 0 N–H and O–H groups in total. The van der Waals surface area contributed by atoms with Crippen molar-refractivity contribution in [2.75, 3.05) is 31.2 Å². The molecule has 4 rings (SSSR count). The highest BCUT2D eigenvalue weighted by Gasteiger charge is 2.40. The Bertz CT molecular complexity index is 996. The number of aryl methyl sites for hydroxylation is 1. The Morgan fingerprint density at radius 2 is 1.85 bits per heavy atom. The minimum absolute atomic E-state index is 0.105. The molecule has 1 fully saturated rings. The molecular weight excluding hydrogens is 381 g/mol. The summed E-state index contributed by atoms with van der Waals surface area (Å²) in [6, 6.07) is 8.15. The Morgan fingerprint density at radius 1 is 1.15 bits per heavy atom. The maximum Gasteiger partial charge on any atom is 0.435 e. The number of halogens is 4. The molecule has 0 aliphatic carbocycles. The average Bonchev–Trinajstić information content (AvgIpc) is 3.02. The molecule has 1 aliphatic rings. The van der Waals surface area contributed by atoms with Gasteiger partial charge in [0.2, 0.25) is 0 Å². The van der Waals surface area contributed by atoms with Crippen molar-refractivity contribution in [1.29, 1.82) is 0 Å². The molecular formula is C18H16ClF3N4O. The lowest BCUT2D eigenvalue weighted by Crippen LogP contribution is -2.37. The number of fused-ring (bicyclic) bond motifs is 1. The molecule has 0 spiro atoms. The second kappa shape index (κ2) is 6.69. The van der Waals surface area contributed by atoms with Gasteiger partial charge in [0.15, 0.2) is 11.3 Å². The summed E-state index contributed by atoms with van der Waals surface area (Å²) in [5, 5.41) is 4.12. The van der Waals surface area contributed by atoms with Crippen LogP contribution in [-0.4, -0.2) is 40.9 Å². The summed E-state index contributed by atoms with van der Waals surface area (Å²) in [6.45, 7) is 3.91. The zero-order valence-electron chi connectivity index (χ0n) is 14.4. The Balaban J connectivity index is 2.04. The normalized spacial score (nSPS) is 15.5. The summed E-state index contributed by atoms with van der Waals surface area (Å²) in [5.41, 5.74) is -0.107. The van der Waals surface area contributed by atoms with Crippen LogP contribution in [0, 0.1) is 6.92 Å². The van der Waals surface area contributed by atoms with Crippen molar-refractivity contribution in [2.24, 2.45) is 0 Å². The van der Waals surface area contributed by atoms with Gasteiger partial charge < -0.3 is 9.64 Å². The quantitative estimate of drug-likeness (QED) is 0.650. The largest absolute Gasteiger partial charge is 0.435 e. The number of alkyl halides is 3. The molecule has 9 heteroatoms. The molecule has 0 unspecified atom stereocenters. The molecule has 0 atom stereocenters. The number of hydrogen-bond donors (Lipinski definition) is 0. The first-order chi connectivity index (χ1) is 12.9. The van der Waals surface area contributed by atoms with Crippen molar-refractivity contribution in [3.05, 3.63) is 46.7 Å². The zero-order chi connectivity index (χ0) is 19.2. The number of hydrogen-bond acceptors (Lipinski definition) is 4. The number of morpholine rings is 1. The maximum atomic E-state index is 13.8. The van der Waals surface area contributed by atoms with Crippen molar-refractivity contribution < 1.29 is 17.9 Å². The molecule has 142 valence electrons. The number of nitrogens with zero attached hydrogens (tertiary/aromatic N) is 4. The fourth-order valence-corrected chi connectivity index (χ4v) is 3.48. The van der Waals surface area contributed by atoms with Gasteiger partial charge in [-0.15, -0.1) is 0 Å². The first kappa shape index (κ1) is 18.1. The van der Waals surface area contributed by atoms with E-state index in [1.54, 1.807) is 37.3 Å². The zero-order valence-corrected chi connectivity index (χ0v) is 15.2. The molecule has 3 aromatic rings. The Labute approximate surface area is 158 Å². The van der Waals surface area contributed by atoms with E-state index >= 15 is 0 Å². The van der Waals surface area contributed by atoms with Gasteiger partial charge in [-0.25, -0.2) is 4.98 Å². The standard InChI is InChI=1S/C18H16ClF3N4O/c1-11-10-14(25-6-8-27-9-7-25)26-17(23-11)15(16(24-26)18(20,21)22)12-4-2-3-5-13(12)19/h2-5,10H,6-9H2,1H3. The van der Waals surface area contributed by atoms with Gasteiger partial charge in [-0.05, 0) is 13.0 Å². The van der Waals surface area contributed by atoms with Crippen LogP contribution in [0.4, 0.5) is 19.0 Å². The van der Waals surface area contributed by atoms with Crippen molar-refractivity contribution >= 4 is 23.1 Å². The average molecular weight is 397 g/mol. The lowest BCUT2D eigenvalue weighted by Gasteiger charge is -2.29. The summed E-state index contributed by atoms with van der Waals surface area (Å²) in [4.78, 5) is 6.32. The first-order valence-electron chi connectivity index (χ1n) is 8.41. The van der Waals surface area contributed by atoms with Crippen LogP contribution in [0.5, 0.6) is 0 Å². The van der Waals surface area contributed by atoms with E-state index in [0.29, 0.717) is 37.8 Å². The summed E-state index contributed by atoms with van der Waals surface area (Å²) >= 11 is 6.21. The van der Waals surface area contributed by atoms with Crippen LogP contribution in [0.3, 0.4) is 0 Å². The number of benzene rings is 1. The van der Waals surface area contributed by atoms with E-state index in [1.165, 1.54) is 4.52 Å². The third kappa shape index (κ3) is 3.23. The Kier molecular flexibility index (Phi) is 4.47. The molecule has 1 saturated heterocycles. The Morgan fingerprint density at radius 3 is 2.52 bits per heavy atom. The molecule has 0 amide bonds. The van der Waals surface area contributed by atoms with E-state index in [0.717, 1.165) is 0 Å². The van der Waals surface area contributed by atoms with E-state index in [4.69, 9.17) is 16.3 Å². The summed E-state index contributed by atoms with van der Waals surface area (Å²) in [5.74, 6) is 0.560. The lowest BCUT2D eigenvalue weighted by molar-refractivity contribution is -0.140. The van der Waals surface area contributed by atoms with Crippen LogP contribution in [0.2, 0.25) is 5.02 Å². The molecule has 2 aromatic heterocycles. The molecule has 0 radical (unpaired) electrons. The van der Waals surface area contributed by atoms with Gasteiger partial charge >= 0.3 is 6.18 Å². The third-order valence-electron chi connectivity index (χ3n) is 4.45. The van der Waals surface area contributed by atoms with E-state index in [9.17, 15) is 13.2 Å². The van der Waals surface area contributed by atoms with Gasteiger partial charge in [0.1, 0.15) is 5.82 Å². The van der Waals surface area contributed by atoms with Crippen LogP contribution in [0.1, 0.15) is 11.4 Å². The predicted molar refractivity (Wildman–Crippen MR) is 96.2 cm³/mol. The Hall–Kier alpha value is -2.32. The van der Waals surface area contributed by atoms with E-state index in [2.05, 4.69) is 10.1 Å². The SMILES string of the molecule is Cc1cc(N2CCOCC2)n2nc(C(F)(F)F)c(-c3ccccc3Cl)c2n1. The monoisotopic (exact) mass is 396 g/mol. The third-order valence-corrected chi connectivity index (χ3v) is 4.77. The van der Waals surface area contributed by atoms with E-state index in [1.807, 2.05) is 4.90 Å². The maximum absolute atomic E-state index is 13.8. The number of aromatic nitrogens is 3. The fourth-order valence-electron chi connectivity index (χ4n) is 3.25. The number of ether oxygens (including phenoxy) is 1. The molecule has 3 heterocycles. The lowest BCUT2D eigenvalue weighted by atomic mass is 10.1. The highest BCUT2D eigenvalue weighted by Crippen LogP contribution is 2.41. The summed E-state index contributed by atoms with van der Waals surface area (Å²) < 4.78 is 48.0. The second-order valence-electron chi connectivity index (χ2n) is 6.29. The number of rotatable bonds is 2. The van der Waals surface area contributed by atoms with Crippen molar-refractivity contribution in [2.45, 2.75) is 13.1 Å². The molecule has 5 nitrogen and oxygen atoms in total. The van der Waals surface area contributed by atoms with Crippen molar-refractivity contribution in [3.8, 4) is 11.1 Å². The van der Waals surface area contributed by atoms with Gasteiger partial charge in [0.25, 0.3) is 0 Å². The molecule has 0 saturated carbocycles. The van der Waals surface area contributed by atoms with Crippen LogP contribution in [-0.2, 0) is 10.9 Å². The highest BCUT2D eigenvalue weighted by atomic mass is 35.5. The van der Waals surface area contributed by atoms with Crippen LogP contribution >= 0.6 is 11.6 Å².